The van der Waals surface area contributed by atoms with Gasteiger partial charge in [-0.05, 0) is 37.2 Å². The lowest BCUT2D eigenvalue weighted by Gasteiger charge is -2.39. The molecule has 0 spiro atoms. The van der Waals surface area contributed by atoms with Gasteiger partial charge in [-0.2, -0.15) is 0 Å². The lowest BCUT2D eigenvalue weighted by molar-refractivity contribution is 0.0609. The van der Waals surface area contributed by atoms with Crippen LogP contribution in [-0.2, 0) is 0 Å². The molecule has 116 valence electrons. The number of pyridine rings is 1. The fourth-order valence-electron chi connectivity index (χ4n) is 3.03. The summed E-state index contributed by atoms with van der Waals surface area (Å²) in [4.78, 5) is 18.8. The minimum absolute atomic E-state index is 0.126. The molecule has 0 unspecified atom stereocenters. The normalized spacial score (nSPS) is 16.9. The highest BCUT2D eigenvalue weighted by molar-refractivity contribution is 5.99. The first-order valence-electron chi connectivity index (χ1n) is 7.90. The average molecular weight is 289 g/mol. The maximum atomic E-state index is 12.7. The maximum absolute atomic E-state index is 12.7. The number of hydrogen-bond donors (Lipinski definition) is 1. The SMILES string of the molecule is CCNc1cnccc1C(=O)N1CCC(C(C)(C)C)CC1. The zero-order valence-electron chi connectivity index (χ0n) is 13.6. The van der Waals surface area contributed by atoms with Crippen molar-refractivity contribution in [1.82, 2.24) is 9.88 Å². The third kappa shape index (κ3) is 3.74. The second-order valence-corrected chi connectivity index (χ2v) is 6.88. The van der Waals surface area contributed by atoms with Crippen molar-refractivity contribution in [3.8, 4) is 0 Å². The molecular formula is C17H27N3O. The lowest BCUT2D eigenvalue weighted by Crippen LogP contribution is -2.41. The predicted molar refractivity (Wildman–Crippen MR) is 86.5 cm³/mol. The number of carbonyl (C=O) groups excluding carboxylic acids is 1. The van der Waals surface area contributed by atoms with Crippen molar-refractivity contribution in [3.63, 3.8) is 0 Å². The van der Waals surface area contributed by atoms with Crippen LogP contribution in [-0.4, -0.2) is 35.4 Å². The van der Waals surface area contributed by atoms with E-state index in [1.807, 2.05) is 17.9 Å². The highest BCUT2D eigenvalue weighted by atomic mass is 16.2. The van der Waals surface area contributed by atoms with Crippen LogP contribution in [0.5, 0.6) is 0 Å². The Morgan fingerprint density at radius 2 is 2.05 bits per heavy atom. The monoisotopic (exact) mass is 289 g/mol. The Hall–Kier alpha value is -1.58. The van der Waals surface area contributed by atoms with Crippen molar-refractivity contribution in [2.24, 2.45) is 11.3 Å². The van der Waals surface area contributed by atoms with E-state index >= 15 is 0 Å². The zero-order valence-corrected chi connectivity index (χ0v) is 13.6. The summed E-state index contributed by atoms with van der Waals surface area (Å²) >= 11 is 0. The van der Waals surface area contributed by atoms with Crippen molar-refractivity contribution in [2.75, 3.05) is 25.0 Å². The molecule has 1 aliphatic rings. The Balaban J connectivity index is 2.06. The van der Waals surface area contributed by atoms with Gasteiger partial charge in [0.1, 0.15) is 0 Å². The number of likely N-dealkylation sites (tertiary alicyclic amines) is 1. The van der Waals surface area contributed by atoms with Crippen LogP contribution >= 0.6 is 0 Å². The summed E-state index contributed by atoms with van der Waals surface area (Å²) in [5, 5.41) is 3.22. The Morgan fingerprint density at radius 3 is 2.62 bits per heavy atom. The number of piperidine rings is 1. The number of nitrogens with zero attached hydrogens (tertiary/aromatic N) is 2. The molecule has 1 aliphatic heterocycles. The van der Waals surface area contributed by atoms with E-state index in [9.17, 15) is 4.79 Å². The molecule has 4 heteroatoms. The van der Waals surface area contributed by atoms with Gasteiger partial charge in [0.15, 0.2) is 0 Å². The standard InChI is InChI=1S/C17H27N3O/c1-5-19-15-12-18-9-6-14(15)16(21)20-10-7-13(8-11-20)17(2,3)4/h6,9,12-13,19H,5,7-8,10-11H2,1-4H3. The number of carbonyl (C=O) groups is 1. The second kappa shape index (κ2) is 6.46. The molecule has 1 saturated heterocycles. The van der Waals surface area contributed by atoms with Crippen LogP contribution < -0.4 is 5.32 Å². The summed E-state index contributed by atoms with van der Waals surface area (Å²) in [6, 6.07) is 1.82. The van der Waals surface area contributed by atoms with Gasteiger partial charge in [0.25, 0.3) is 5.91 Å². The molecule has 1 fully saturated rings. The summed E-state index contributed by atoms with van der Waals surface area (Å²) in [6.45, 7) is 11.4. The van der Waals surface area contributed by atoms with Crippen molar-refractivity contribution < 1.29 is 4.79 Å². The third-order valence-corrected chi connectivity index (χ3v) is 4.43. The molecule has 1 aromatic heterocycles. The molecule has 0 atom stereocenters. The molecule has 0 radical (unpaired) electrons. The van der Waals surface area contributed by atoms with E-state index in [1.54, 1.807) is 12.4 Å². The summed E-state index contributed by atoms with van der Waals surface area (Å²) in [5.41, 5.74) is 1.91. The largest absolute Gasteiger partial charge is 0.383 e. The van der Waals surface area contributed by atoms with Crippen molar-refractivity contribution in [2.45, 2.75) is 40.5 Å². The van der Waals surface area contributed by atoms with Crippen molar-refractivity contribution in [3.05, 3.63) is 24.0 Å². The summed E-state index contributed by atoms with van der Waals surface area (Å²) < 4.78 is 0. The zero-order chi connectivity index (χ0) is 15.5. The number of rotatable bonds is 3. The fraction of sp³-hybridized carbons (Fsp3) is 0.647. The minimum Gasteiger partial charge on any atom is -0.383 e. The molecular weight excluding hydrogens is 262 g/mol. The van der Waals surface area contributed by atoms with Gasteiger partial charge in [0.2, 0.25) is 0 Å². The van der Waals surface area contributed by atoms with E-state index < -0.39 is 0 Å². The van der Waals surface area contributed by atoms with Gasteiger partial charge < -0.3 is 10.2 Å². The third-order valence-electron chi connectivity index (χ3n) is 4.43. The first kappa shape index (κ1) is 15.8. The van der Waals surface area contributed by atoms with Crippen molar-refractivity contribution in [1.29, 1.82) is 0 Å². The fourth-order valence-corrected chi connectivity index (χ4v) is 3.03. The smallest absolute Gasteiger partial charge is 0.256 e. The number of anilines is 1. The molecule has 1 amide bonds. The van der Waals surface area contributed by atoms with E-state index in [0.29, 0.717) is 11.3 Å². The summed E-state index contributed by atoms with van der Waals surface area (Å²) in [6.07, 6.45) is 5.61. The average Bonchev–Trinajstić information content (AvgIpc) is 2.47. The lowest BCUT2D eigenvalue weighted by atomic mass is 9.75. The number of aromatic nitrogens is 1. The number of amides is 1. The Kier molecular flexibility index (Phi) is 4.86. The first-order chi connectivity index (χ1) is 9.93. The summed E-state index contributed by atoms with van der Waals surface area (Å²) in [7, 11) is 0. The van der Waals surface area contributed by atoms with E-state index in [1.165, 1.54) is 0 Å². The highest BCUT2D eigenvalue weighted by Gasteiger charge is 2.31. The number of nitrogens with one attached hydrogen (secondary N) is 1. The minimum atomic E-state index is 0.126. The van der Waals surface area contributed by atoms with E-state index in [0.717, 1.165) is 43.7 Å². The number of hydrogen-bond acceptors (Lipinski definition) is 3. The topological polar surface area (TPSA) is 45.2 Å². The molecule has 0 aromatic carbocycles. The van der Waals surface area contributed by atoms with Gasteiger partial charge in [-0.3, -0.25) is 9.78 Å². The maximum Gasteiger partial charge on any atom is 0.256 e. The van der Waals surface area contributed by atoms with Gasteiger partial charge in [0.05, 0.1) is 17.4 Å². The molecule has 0 aliphatic carbocycles. The van der Waals surface area contributed by atoms with Crippen LogP contribution in [0, 0.1) is 11.3 Å². The van der Waals surface area contributed by atoms with Gasteiger partial charge in [-0.15, -0.1) is 0 Å². The molecule has 0 saturated carbocycles. The second-order valence-electron chi connectivity index (χ2n) is 6.88. The van der Waals surface area contributed by atoms with Crippen LogP contribution in [0.2, 0.25) is 0 Å². The molecule has 2 heterocycles. The van der Waals surface area contributed by atoms with Crippen LogP contribution in [0.1, 0.15) is 50.9 Å². The van der Waals surface area contributed by atoms with E-state index in [2.05, 4.69) is 31.1 Å². The van der Waals surface area contributed by atoms with Crippen molar-refractivity contribution >= 4 is 11.6 Å². The first-order valence-corrected chi connectivity index (χ1v) is 7.90. The molecule has 21 heavy (non-hydrogen) atoms. The highest BCUT2D eigenvalue weighted by Crippen LogP contribution is 2.34. The van der Waals surface area contributed by atoms with Gasteiger partial charge in [-0.1, -0.05) is 20.8 Å². The molecule has 2 rings (SSSR count). The molecule has 4 nitrogen and oxygen atoms in total. The molecule has 1 aromatic rings. The Morgan fingerprint density at radius 1 is 1.38 bits per heavy atom. The van der Waals surface area contributed by atoms with Gasteiger partial charge in [-0.25, -0.2) is 0 Å². The van der Waals surface area contributed by atoms with Gasteiger partial charge in [0, 0.05) is 25.8 Å². The predicted octanol–water partition coefficient (Wildman–Crippen LogP) is 3.41. The Bertz CT molecular complexity index is 485. The van der Waals surface area contributed by atoms with Crippen LogP contribution in [0.3, 0.4) is 0 Å². The van der Waals surface area contributed by atoms with Crippen LogP contribution in [0.25, 0.3) is 0 Å². The van der Waals surface area contributed by atoms with E-state index in [-0.39, 0.29) is 5.91 Å². The van der Waals surface area contributed by atoms with Crippen LogP contribution in [0.15, 0.2) is 18.5 Å². The quantitative estimate of drug-likeness (QED) is 0.927. The van der Waals surface area contributed by atoms with Crippen LogP contribution in [0.4, 0.5) is 5.69 Å². The molecule has 1 N–H and O–H groups in total. The summed E-state index contributed by atoms with van der Waals surface area (Å²) in [5.74, 6) is 0.827. The van der Waals surface area contributed by atoms with Gasteiger partial charge >= 0.3 is 0 Å². The van der Waals surface area contributed by atoms with E-state index in [4.69, 9.17) is 0 Å². The molecule has 0 bridgehead atoms. The Labute approximate surface area is 127 Å².